The summed E-state index contributed by atoms with van der Waals surface area (Å²) in [6, 6.07) is 9.01. The highest BCUT2D eigenvalue weighted by molar-refractivity contribution is 8.03. The molecule has 2 aromatic rings. The molecule has 0 heterocycles. The molecule has 2 nitrogen and oxygen atoms in total. The van der Waals surface area contributed by atoms with Crippen LogP contribution in [0.25, 0.3) is 0 Å². The fraction of sp³-hybridized carbons (Fsp3) is 0.692. The van der Waals surface area contributed by atoms with Crippen molar-refractivity contribution < 1.29 is 10.2 Å². The monoisotopic (exact) mass is 626 g/mol. The van der Waals surface area contributed by atoms with Crippen LogP contribution in [0.5, 0.6) is 11.5 Å². The van der Waals surface area contributed by atoms with Gasteiger partial charge in [0.1, 0.15) is 11.5 Å². The third-order valence-electron chi connectivity index (χ3n) is 8.51. The van der Waals surface area contributed by atoms with Gasteiger partial charge in [-0.3, -0.25) is 0 Å². The molecule has 3 rings (SSSR count). The molecule has 4 heteroatoms. The average molecular weight is 627 g/mol. The number of phenolic OH excluding ortho intramolecular Hbond substituents is 2. The van der Waals surface area contributed by atoms with Crippen LogP contribution in [-0.4, -0.2) is 20.7 Å². The smallest absolute Gasteiger partial charge is 0.122 e. The van der Waals surface area contributed by atoms with Crippen LogP contribution in [0.4, 0.5) is 0 Å². The van der Waals surface area contributed by atoms with Crippen LogP contribution >= 0.6 is 23.5 Å². The topological polar surface area (TPSA) is 40.5 Å². The Balaban J connectivity index is 1.85. The number of aromatic hydroxyl groups is 2. The van der Waals surface area contributed by atoms with Crippen LogP contribution in [-0.2, 0) is 35.2 Å². The first-order chi connectivity index (χ1) is 19.6. The predicted octanol–water partition coefficient (Wildman–Crippen LogP) is 11.7. The highest BCUT2D eigenvalue weighted by Gasteiger charge is 2.28. The molecule has 1 saturated carbocycles. The van der Waals surface area contributed by atoms with E-state index in [4.69, 9.17) is 0 Å². The SMILES string of the molecule is CC(C)(C)Cc1cc(C(C)(C)C)cc(CSC2CCCCCC2SCc2cc(C(C)(C)C)cc(CC(C)(C)C)c2O)c1O. The van der Waals surface area contributed by atoms with Gasteiger partial charge in [0, 0.05) is 33.1 Å². The van der Waals surface area contributed by atoms with E-state index in [1.807, 2.05) is 23.5 Å². The lowest BCUT2D eigenvalue weighted by Gasteiger charge is -2.28. The highest BCUT2D eigenvalue weighted by atomic mass is 32.2. The van der Waals surface area contributed by atoms with E-state index < -0.39 is 0 Å². The average Bonchev–Trinajstić information content (AvgIpc) is 3.07. The van der Waals surface area contributed by atoms with Crippen LogP contribution in [0.15, 0.2) is 24.3 Å². The van der Waals surface area contributed by atoms with E-state index in [-0.39, 0.29) is 21.7 Å². The van der Waals surface area contributed by atoms with Crippen LogP contribution in [0.1, 0.15) is 149 Å². The van der Waals surface area contributed by atoms with Gasteiger partial charge in [-0.15, -0.1) is 0 Å². The number of hydrogen-bond acceptors (Lipinski definition) is 4. The summed E-state index contributed by atoms with van der Waals surface area (Å²) in [6.07, 6.45) is 8.04. The second-order valence-corrected chi connectivity index (χ2v) is 20.1. The molecule has 0 radical (unpaired) electrons. The Bertz CT molecular complexity index is 1120. The first-order valence-electron chi connectivity index (χ1n) is 16.6. The Hall–Kier alpha value is -1.26. The number of hydrogen-bond donors (Lipinski definition) is 2. The first kappa shape index (κ1) is 36.2. The van der Waals surface area contributed by atoms with Gasteiger partial charge in [0.15, 0.2) is 0 Å². The maximum absolute atomic E-state index is 11.4. The molecule has 0 saturated heterocycles. The molecule has 2 aromatic carbocycles. The summed E-state index contributed by atoms with van der Waals surface area (Å²) in [5.74, 6) is 2.69. The van der Waals surface area contributed by atoms with E-state index in [1.54, 1.807) is 0 Å². The van der Waals surface area contributed by atoms with Gasteiger partial charge in [0.2, 0.25) is 0 Å². The minimum absolute atomic E-state index is 0.0376. The van der Waals surface area contributed by atoms with Crippen molar-refractivity contribution in [3.05, 3.63) is 57.6 Å². The number of phenols is 2. The molecule has 43 heavy (non-hydrogen) atoms. The lowest BCUT2D eigenvalue weighted by molar-refractivity contribution is 0.392. The standard InChI is InChI=1S/C39H62O2S2/c1-36(2,3)22-26-18-30(38(7,8)9)20-28(34(26)40)24-42-32-16-14-13-15-17-33(32)43-25-29-21-31(39(10,11)12)19-27(35(29)41)23-37(4,5)6/h18-21,32-33,40-41H,13-17,22-25H2,1-12H3. The Morgan fingerprint density at radius 1 is 0.535 bits per heavy atom. The fourth-order valence-electron chi connectivity index (χ4n) is 6.03. The van der Waals surface area contributed by atoms with Gasteiger partial charge in [-0.1, -0.05) is 127 Å². The summed E-state index contributed by atoms with van der Waals surface area (Å²) in [5, 5.41) is 23.9. The number of rotatable bonds is 8. The zero-order valence-electron chi connectivity index (χ0n) is 29.5. The summed E-state index contributed by atoms with van der Waals surface area (Å²) >= 11 is 4.09. The molecular weight excluding hydrogens is 565 g/mol. The van der Waals surface area contributed by atoms with E-state index in [9.17, 15) is 10.2 Å². The van der Waals surface area contributed by atoms with Crippen molar-refractivity contribution in [1.82, 2.24) is 0 Å². The largest absolute Gasteiger partial charge is 0.507 e. The summed E-state index contributed by atoms with van der Waals surface area (Å²) in [4.78, 5) is 0. The maximum Gasteiger partial charge on any atom is 0.122 e. The van der Waals surface area contributed by atoms with Gasteiger partial charge < -0.3 is 10.2 Å². The molecule has 0 amide bonds. The van der Waals surface area contributed by atoms with E-state index in [2.05, 4.69) is 107 Å². The molecule has 0 spiro atoms. The quantitative estimate of drug-likeness (QED) is 0.286. The molecule has 0 aliphatic heterocycles. The molecule has 2 unspecified atom stereocenters. The molecule has 1 aliphatic carbocycles. The molecule has 1 aliphatic rings. The van der Waals surface area contributed by atoms with Crippen LogP contribution < -0.4 is 0 Å². The summed E-state index contributed by atoms with van der Waals surface area (Å²) in [6.45, 7) is 27.1. The summed E-state index contributed by atoms with van der Waals surface area (Å²) in [5.41, 5.74) is 7.28. The molecule has 0 aromatic heterocycles. The van der Waals surface area contributed by atoms with E-state index in [1.165, 1.54) is 43.2 Å². The maximum atomic E-state index is 11.4. The Morgan fingerprint density at radius 2 is 0.860 bits per heavy atom. The third-order valence-corrected chi connectivity index (χ3v) is 11.6. The van der Waals surface area contributed by atoms with Gasteiger partial charge in [-0.25, -0.2) is 0 Å². The zero-order chi connectivity index (χ0) is 32.4. The predicted molar refractivity (Wildman–Crippen MR) is 193 cm³/mol. The van der Waals surface area contributed by atoms with Gasteiger partial charge in [0.25, 0.3) is 0 Å². The molecule has 1 fully saturated rings. The van der Waals surface area contributed by atoms with E-state index >= 15 is 0 Å². The van der Waals surface area contributed by atoms with Gasteiger partial charge >= 0.3 is 0 Å². The lowest BCUT2D eigenvalue weighted by Crippen LogP contribution is -2.20. The summed E-state index contributed by atoms with van der Waals surface area (Å²) in [7, 11) is 0. The normalized spacial score (nSPS) is 19.0. The minimum Gasteiger partial charge on any atom is -0.507 e. The van der Waals surface area contributed by atoms with Crippen molar-refractivity contribution in [2.45, 2.75) is 161 Å². The van der Waals surface area contributed by atoms with Crippen molar-refractivity contribution in [3.8, 4) is 11.5 Å². The van der Waals surface area contributed by atoms with E-state index in [0.717, 1.165) is 46.6 Å². The second-order valence-electron chi connectivity index (χ2n) is 17.6. The molecule has 242 valence electrons. The van der Waals surface area contributed by atoms with Gasteiger partial charge in [-0.2, -0.15) is 23.5 Å². The Kier molecular flexibility index (Phi) is 11.8. The van der Waals surface area contributed by atoms with Crippen molar-refractivity contribution in [1.29, 1.82) is 0 Å². The third kappa shape index (κ3) is 10.9. The molecule has 2 atom stereocenters. The fourth-order valence-corrected chi connectivity index (χ4v) is 9.10. The van der Waals surface area contributed by atoms with E-state index in [0.29, 0.717) is 22.0 Å². The number of thioether (sulfide) groups is 2. The van der Waals surface area contributed by atoms with Crippen molar-refractivity contribution in [2.24, 2.45) is 10.8 Å². The highest BCUT2D eigenvalue weighted by Crippen LogP contribution is 2.43. The number of benzene rings is 2. The molecular formula is C39H62O2S2. The van der Waals surface area contributed by atoms with Crippen molar-refractivity contribution in [2.75, 3.05) is 0 Å². The Morgan fingerprint density at radius 3 is 1.16 bits per heavy atom. The molecule has 0 bridgehead atoms. The van der Waals surface area contributed by atoms with Crippen molar-refractivity contribution >= 4 is 23.5 Å². The summed E-state index contributed by atoms with van der Waals surface area (Å²) < 4.78 is 0. The Labute approximate surface area is 273 Å². The van der Waals surface area contributed by atoms with Crippen molar-refractivity contribution in [3.63, 3.8) is 0 Å². The van der Waals surface area contributed by atoms with Crippen LogP contribution in [0.2, 0.25) is 0 Å². The molecule has 2 N–H and O–H groups in total. The van der Waals surface area contributed by atoms with Gasteiger partial charge in [0.05, 0.1) is 0 Å². The lowest BCUT2D eigenvalue weighted by atomic mass is 9.81. The minimum atomic E-state index is 0.0376. The first-order valence-corrected chi connectivity index (χ1v) is 18.7. The van der Waals surface area contributed by atoms with Gasteiger partial charge in [-0.05, 0) is 69.6 Å². The van der Waals surface area contributed by atoms with Crippen LogP contribution in [0, 0.1) is 10.8 Å². The second kappa shape index (κ2) is 14.0. The zero-order valence-corrected chi connectivity index (χ0v) is 31.2. The van der Waals surface area contributed by atoms with Crippen LogP contribution in [0.3, 0.4) is 0 Å².